The minimum Gasteiger partial charge on any atom is -0.480 e. The molecule has 1 amide bonds. The van der Waals surface area contributed by atoms with E-state index in [9.17, 15) is 14.4 Å². The van der Waals surface area contributed by atoms with Gasteiger partial charge in [-0.15, -0.1) is 0 Å². The van der Waals surface area contributed by atoms with Gasteiger partial charge in [-0.25, -0.2) is 4.79 Å². The number of carboxylic acids is 1. The molecular weight excluding hydrogens is 412 g/mol. The van der Waals surface area contributed by atoms with Gasteiger partial charge in [-0.2, -0.15) is 0 Å². The topological polar surface area (TPSA) is 146 Å². The standard InChI is InChI=1S/C23H26N4O5/c24-23(25)16-7-5-15(6-8-16)22(31)18-3-1-2-4-19(18)26-13-20(28)27-11-9-17(10-12-27)32-14-21(29)30/h1-8,17,26H,9-14H2,(H3,24,25)(H,29,30). The molecule has 2 aromatic carbocycles. The summed E-state index contributed by atoms with van der Waals surface area (Å²) in [6.07, 6.45) is 1.02. The van der Waals surface area contributed by atoms with Crippen molar-refractivity contribution in [2.45, 2.75) is 18.9 Å². The second kappa shape index (κ2) is 10.5. The summed E-state index contributed by atoms with van der Waals surface area (Å²) < 4.78 is 5.30. The van der Waals surface area contributed by atoms with Gasteiger partial charge in [0.25, 0.3) is 0 Å². The van der Waals surface area contributed by atoms with Crippen LogP contribution in [0.25, 0.3) is 0 Å². The summed E-state index contributed by atoms with van der Waals surface area (Å²) in [4.78, 5) is 37.9. The van der Waals surface area contributed by atoms with Crippen LogP contribution < -0.4 is 11.1 Å². The number of carbonyl (C=O) groups excluding carboxylic acids is 2. The number of ketones is 1. The van der Waals surface area contributed by atoms with Crippen LogP contribution in [0.3, 0.4) is 0 Å². The van der Waals surface area contributed by atoms with Gasteiger partial charge in [-0.3, -0.25) is 15.0 Å². The molecule has 1 heterocycles. The quantitative estimate of drug-likeness (QED) is 0.265. The fourth-order valence-electron chi connectivity index (χ4n) is 3.54. The Hall–Kier alpha value is -3.72. The van der Waals surface area contributed by atoms with Crippen molar-refractivity contribution >= 4 is 29.2 Å². The number of amidine groups is 1. The molecule has 3 rings (SSSR count). The molecule has 9 nitrogen and oxygen atoms in total. The van der Waals surface area contributed by atoms with E-state index < -0.39 is 5.97 Å². The van der Waals surface area contributed by atoms with E-state index in [1.54, 1.807) is 53.4 Å². The highest BCUT2D eigenvalue weighted by Gasteiger charge is 2.24. The highest BCUT2D eigenvalue weighted by atomic mass is 16.5. The molecule has 0 aromatic heterocycles. The van der Waals surface area contributed by atoms with Crippen molar-refractivity contribution in [3.8, 4) is 0 Å². The van der Waals surface area contributed by atoms with Crippen molar-refractivity contribution in [3.05, 3.63) is 65.2 Å². The van der Waals surface area contributed by atoms with Gasteiger partial charge in [-0.05, 0) is 25.0 Å². The van der Waals surface area contributed by atoms with Crippen LogP contribution in [0.1, 0.15) is 34.3 Å². The average Bonchev–Trinajstić information content (AvgIpc) is 2.81. The lowest BCUT2D eigenvalue weighted by atomic mass is 10.00. The number of ether oxygens (including phenoxy) is 1. The number of para-hydroxylation sites is 1. The number of benzene rings is 2. The summed E-state index contributed by atoms with van der Waals surface area (Å²) in [5.74, 6) is -1.38. The number of rotatable bonds is 9. The molecule has 0 aliphatic carbocycles. The van der Waals surface area contributed by atoms with Crippen molar-refractivity contribution in [2.24, 2.45) is 5.73 Å². The molecule has 2 aromatic rings. The molecule has 168 valence electrons. The third-order valence-electron chi connectivity index (χ3n) is 5.30. The lowest BCUT2D eigenvalue weighted by Crippen LogP contribution is -2.43. The van der Waals surface area contributed by atoms with Gasteiger partial charge >= 0.3 is 5.97 Å². The third kappa shape index (κ3) is 5.92. The molecule has 1 aliphatic heterocycles. The summed E-state index contributed by atoms with van der Waals surface area (Å²) in [5.41, 5.74) is 7.45. The van der Waals surface area contributed by atoms with Crippen molar-refractivity contribution in [1.29, 1.82) is 5.41 Å². The number of piperidine rings is 1. The zero-order chi connectivity index (χ0) is 23.1. The van der Waals surface area contributed by atoms with E-state index in [0.717, 1.165) is 0 Å². The SMILES string of the molecule is N=C(N)c1ccc(C(=O)c2ccccc2NCC(=O)N2CCC(OCC(=O)O)CC2)cc1. The maximum absolute atomic E-state index is 13.0. The van der Waals surface area contributed by atoms with Gasteiger partial charge in [0, 0.05) is 35.5 Å². The second-order valence-electron chi connectivity index (χ2n) is 7.50. The number of hydrogen-bond acceptors (Lipinski definition) is 6. The molecule has 0 bridgehead atoms. The second-order valence-corrected chi connectivity index (χ2v) is 7.50. The predicted molar refractivity (Wildman–Crippen MR) is 119 cm³/mol. The number of aliphatic carboxylic acids is 1. The summed E-state index contributed by atoms with van der Waals surface area (Å²) in [6, 6.07) is 13.5. The molecule has 0 atom stereocenters. The molecule has 1 fully saturated rings. The number of likely N-dealkylation sites (tertiary alicyclic amines) is 1. The van der Waals surface area contributed by atoms with E-state index in [1.165, 1.54) is 0 Å². The van der Waals surface area contributed by atoms with Crippen LogP contribution in [0.5, 0.6) is 0 Å². The Balaban J connectivity index is 1.58. The van der Waals surface area contributed by atoms with Crippen molar-refractivity contribution < 1.29 is 24.2 Å². The highest BCUT2D eigenvalue weighted by Crippen LogP contribution is 2.20. The van der Waals surface area contributed by atoms with Crippen LogP contribution in [0.2, 0.25) is 0 Å². The van der Waals surface area contributed by atoms with Gasteiger partial charge in [0.1, 0.15) is 12.4 Å². The number of anilines is 1. The number of carbonyl (C=O) groups is 3. The van der Waals surface area contributed by atoms with E-state index in [0.29, 0.717) is 48.3 Å². The van der Waals surface area contributed by atoms with E-state index >= 15 is 0 Å². The molecule has 0 saturated carbocycles. The predicted octanol–water partition coefficient (Wildman–Crippen LogP) is 1.71. The maximum Gasteiger partial charge on any atom is 0.329 e. The van der Waals surface area contributed by atoms with Crippen molar-refractivity contribution in [1.82, 2.24) is 4.90 Å². The molecule has 0 spiro atoms. The third-order valence-corrected chi connectivity index (χ3v) is 5.30. The van der Waals surface area contributed by atoms with Crippen LogP contribution in [0.4, 0.5) is 5.69 Å². The molecule has 9 heteroatoms. The minimum atomic E-state index is -1.00. The van der Waals surface area contributed by atoms with E-state index in [1.807, 2.05) is 0 Å². The number of carboxylic acid groups (broad SMARTS) is 1. The van der Waals surface area contributed by atoms with Gasteiger partial charge in [0.2, 0.25) is 5.91 Å². The zero-order valence-corrected chi connectivity index (χ0v) is 17.5. The monoisotopic (exact) mass is 438 g/mol. The van der Waals surface area contributed by atoms with Gasteiger partial charge in [0.15, 0.2) is 5.78 Å². The Bertz CT molecular complexity index is 998. The molecule has 5 N–H and O–H groups in total. The summed E-state index contributed by atoms with van der Waals surface area (Å²) >= 11 is 0. The van der Waals surface area contributed by atoms with Crippen LogP contribution >= 0.6 is 0 Å². The van der Waals surface area contributed by atoms with Crippen LogP contribution in [-0.2, 0) is 14.3 Å². The molecule has 0 radical (unpaired) electrons. The molecule has 1 saturated heterocycles. The lowest BCUT2D eigenvalue weighted by Gasteiger charge is -2.31. The first kappa shape index (κ1) is 23.0. The van der Waals surface area contributed by atoms with Crippen molar-refractivity contribution in [3.63, 3.8) is 0 Å². The Morgan fingerprint density at radius 3 is 2.31 bits per heavy atom. The smallest absolute Gasteiger partial charge is 0.329 e. The Morgan fingerprint density at radius 1 is 1.06 bits per heavy atom. The van der Waals surface area contributed by atoms with Gasteiger partial charge in [-0.1, -0.05) is 36.4 Å². The number of nitrogens with two attached hydrogens (primary N) is 1. The average molecular weight is 438 g/mol. The number of nitrogen functional groups attached to an aromatic ring is 1. The first-order valence-electron chi connectivity index (χ1n) is 10.3. The number of hydrogen-bond donors (Lipinski definition) is 4. The van der Waals surface area contributed by atoms with E-state index in [4.69, 9.17) is 21.0 Å². The fraction of sp³-hybridized carbons (Fsp3) is 0.304. The largest absolute Gasteiger partial charge is 0.480 e. The number of nitrogens with zero attached hydrogens (tertiary/aromatic N) is 1. The zero-order valence-electron chi connectivity index (χ0n) is 17.5. The first-order valence-corrected chi connectivity index (χ1v) is 10.3. The first-order chi connectivity index (χ1) is 15.3. The van der Waals surface area contributed by atoms with Gasteiger partial charge in [0.05, 0.1) is 12.6 Å². The Kier molecular flexibility index (Phi) is 7.56. The molecule has 32 heavy (non-hydrogen) atoms. The molecule has 0 unspecified atom stereocenters. The summed E-state index contributed by atoms with van der Waals surface area (Å²) in [5, 5.41) is 19.2. The van der Waals surface area contributed by atoms with Crippen LogP contribution in [0, 0.1) is 5.41 Å². The fourth-order valence-corrected chi connectivity index (χ4v) is 3.54. The molecular formula is C23H26N4O5. The summed E-state index contributed by atoms with van der Waals surface area (Å²) in [6.45, 7) is 0.693. The van der Waals surface area contributed by atoms with Crippen LogP contribution in [0.15, 0.2) is 48.5 Å². The van der Waals surface area contributed by atoms with E-state index in [2.05, 4.69) is 5.32 Å². The normalized spacial score (nSPS) is 14.1. The highest BCUT2D eigenvalue weighted by molar-refractivity contribution is 6.12. The van der Waals surface area contributed by atoms with Gasteiger partial charge < -0.3 is 25.8 Å². The van der Waals surface area contributed by atoms with Crippen LogP contribution in [-0.4, -0.2) is 65.8 Å². The Labute approximate surface area is 185 Å². The number of amides is 1. The summed E-state index contributed by atoms with van der Waals surface area (Å²) in [7, 11) is 0. The van der Waals surface area contributed by atoms with Crippen molar-refractivity contribution in [2.75, 3.05) is 31.6 Å². The lowest BCUT2D eigenvalue weighted by molar-refractivity contribution is -0.146. The molecule has 1 aliphatic rings. The maximum atomic E-state index is 13.0. The Morgan fingerprint density at radius 2 is 1.69 bits per heavy atom. The minimum absolute atomic E-state index is 0.0359. The number of nitrogens with one attached hydrogen (secondary N) is 2. The van der Waals surface area contributed by atoms with E-state index in [-0.39, 0.29) is 36.8 Å².